The Labute approximate surface area is 78.8 Å². The third-order valence-electron chi connectivity index (χ3n) is 2.94. The van der Waals surface area contributed by atoms with Gasteiger partial charge in [0.2, 0.25) is 0 Å². The molecule has 0 fully saturated rings. The van der Waals surface area contributed by atoms with Gasteiger partial charge in [0.25, 0.3) is 0 Å². The first kappa shape index (κ1) is 12.0. The van der Waals surface area contributed by atoms with E-state index < -0.39 is 0 Å². The van der Waals surface area contributed by atoms with E-state index in [2.05, 4.69) is 27.7 Å². The molecule has 0 bridgehead atoms. The topological polar surface area (TPSA) is 0 Å². The lowest BCUT2D eigenvalue weighted by atomic mass is 9.89. The van der Waals surface area contributed by atoms with E-state index in [0.717, 1.165) is 18.3 Å². The minimum atomic E-state index is 0.812. The second-order valence-electron chi connectivity index (χ2n) is 4.09. The lowest BCUT2D eigenvalue weighted by Crippen LogP contribution is -2.06. The Morgan fingerprint density at radius 1 is 1.00 bits per heavy atom. The summed E-state index contributed by atoms with van der Waals surface area (Å²) >= 11 is 0. The first-order valence-corrected chi connectivity index (χ1v) is 5.51. The second-order valence-corrected chi connectivity index (χ2v) is 4.09. The van der Waals surface area contributed by atoms with Crippen molar-refractivity contribution in [2.75, 3.05) is 0 Å². The lowest BCUT2D eigenvalue weighted by Gasteiger charge is -2.17. The van der Waals surface area contributed by atoms with E-state index in [1.807, 2.05) is 0 Å². The Balaban J connectivity index is 3.24. The molecule has 0 spiro atoms. The normalized spacial score (nSPS) is 16.0. The highest BCUT2D eigenvalue weighted by Gasteiger charge is 2.08. The smallest absolute Gasteiger partial charge is 0.0417 e. The highest BCUT2D eigenvalue weighted by Crippen LogP contribution is 2.20. The van der Waals surface area contributed by atoms with Gasteiger partial charge in [-0.25, -0.2) is 0 Å². The predicted octanol–water partition coefficient (Wildman–Crippen LogP) is 4.45. The molecule has 0 heteroatoms. The molecule has 12 heavy (non-hydrogen) atoms. The summed E-state index contributed by atoms with van der Waals surface area (Å²) in [5.74, 6) is 1.69. The van der Waals surface area contributed by atoms with Crippen molar-refractivity contribution in [3.05, 3.63) is 6.92 Å². The Kier molecular flexibility index (Phi) is 7.64. The quantitative estimate of drug-likeness (QED) is 0.494. The Hall–Kier alpha value is 0. The molecule has 2 atom stereocenters. The minimum Gasteiger partial charge on any atom is -0.0654 e. The Morgan fingerprint density at radius 2 is 1.67 bits per heavy atom. The van der Waals surface area contributed by atoms with E-state index in [4.69, 9.17) is 0 Å². The first-order chi connectivity index (χ1) is 5.72. The molecule has 0 aliphatic rings. The fraction of sp³-hybridized carbons (Fsp3) is 0.917. The zero-order chi connectivity index (χ0) is 9.40. The SMILES string of the molecule is [CH2]CC(C)C(C)CCCCCC. The van der Waals surface area contributed by atoms with Crippen LogP contribution in [-0.2, 0) is 0 Å². The highest BCUT2D eigenvalue weighted by molar-refractivity contribution is 4.62. The van der Waals surface area contributed by atoms with Gasteiger partial charge < -0.3 is 0 Å². The standard InChI is InChI=1S/C12H25/c1-5-7-8-9-10-12(4)11(3)6-2/h11-12H,2,5-10H2,1,3-4H3. The Bertz CT molecular complexity index is 86.0. The van der Waals surface area contributed by atoms with Crippen molar-refractivity contribution >= 4 is 0 Å². The molecule has 0 aliphatic carbocycles. The molecular weight excluding hydrogens is 144 g/mol. The fourth-order valence-electron chi connectivity index (χ4n) is 1.46. The fourth-order valence-corrected chi connectivity index (χ4v) is 1.46. The summed E-state index contributed by atoms with van der Waals surface area (Å²) in [6.07, 6.45) is 8.08. The molecular formula is C12H25. The molecule has 0 amide bonds. The summed E-state index contributed by atoms with van der Waals surface area (Å²) in [4.78, 5) is 0. The van der Waals surface area contributed by atoms with Crippen LogP contribution in [0, 0.1) is 18.8 Å². The van der Waals surface area contributed by atoms with Gasteiger partial charge >= 0.3 is 0 Å². The molecule has 0 heterocycles. The van der Waals surface area contributed by atoms with Gasteiger partial charge in [0.05, 0.1) is 0 Å². The van der Waals surface area contributed by atoms with Crippen LogP contribution in [0.25, 0.3) is 0 Å². The average Bonchev–Trinajstić information content (AvgIpc) is 2.10. The van der Waals surface area contributed by atoms with Crippen LogP contribution >= 0.6 is 0 Å². The Morgan fingerprint density at radius 3 is 2.17 bits per heavy atom. The molecule has 73 valence electrons. The van der Waals surface area contributed by atoms with Crippen LogP contribution in [0.2, 0.25) is 0 Å². The maximum absolute atomic E-state index is 3.95. The van der Waals surface area contributed by atoms with Gasteiger partial charge in [0, 0.05) is 0 Å². The van der Waals surface area contributed by atoms with E-state index in [9.17, 15) is 0 Å². The van der Waals surface area contributed by atoms with Crippen molar-refractivity contribution in [3.8, 4) is 0 Å². The van der Waals surface area contributed by atoms with Crippen molar-refractivity contribution < 1.29 is 0 Å². The van der Waals surface area contributed by atoms with Gasteiger partial charge in [0.1, 0.15) is 0 Å². The van der Waals surface area contributed by atoms with Gasteiger partial charge in [-0.3, -0.25) is 0 Å². The number of unbranched alkanes of at least 4 members (excludes halogenated alkanes) is 3. The van der Waals surface area contributed by atoms with Crippen LogP contribution in [0.1, 0.15) is 59.3 Å². The maximum atomic E-state index is 3.95. The van der Waals surface area contributed by atoms with Gasteiger partial charge in [-0.15, -0.1) is 0 Å². The van der Waals surface area contributed by atoms with Crippen molar-refractivity contribution in [3.63, 3.8) is 0 Å². The third-order valence-corrected chi connectivity index (χ3v) is 2.94. The number of hydrogen-bond acceptors (Lipinski definition) is 0. The average molecular weight is 169 g/mol. The van der Waals surface area contributed by atoms with E-state index in [1.54, 1.807) is 0 Å². The van der Waals surface area contributed by atoms with Gasteiger partial charge in [-0.2, -0.15) is 0 Å². The summed E-state index contributed by atoms with van der Waals surface area (Å²) in [7, 11) is 0. The molecule has 0 saturated carbocycles. The number of hydrogen-bond donors (Lipinski definition) is 0. The summed E-state index contributed by atoms with van der Waals surface area (Å²) in [5, 5.41) is 0. The van der Waals surface area contributed by atoms with Crippen LogP contribution < -0.4 is 0 Å². The van der Waals surface area contributed by atoms with E-state index in [-0.39, 0.29) is 0 Å². The molecule has 0 saturated heterocycles. The van der Waals surface area contributed by atoms with Crippen molar-refractivity contribution in [2.45, 2.75) is 59.3 Å². The third kappa shape index (κ3) is 5.62. The van der Waals surface area contributed by atoms with Crippen molar-refractivity contribution in [2.24, 2.45) is 11.8 Å². The first-order valence-electron chi connectivity index (χ1n) is 5.51. The largest absolute Gasteiger partial charge is 0.0654 e. The predicted molar refractivity (Wildman–Crippen MR) is 57.1 cm³/mol. The van der Waals surface area contributed by atoms with Crippen LogP contribution in [0.15, 0.2) is 0 Å². The van der Waals surface area contributed by atoms with Crippen LogP contribution in [0.5, 0.6) is 0 Å². The van der Waals surface area contributed by atoms with E-state index in [1.165, 1.54) is 32.1 Å². The summed E-state index contributed by atoms with van der Waals surface area (Å²) in [5.41, 5.74) is 0. The maximum Gasteiger partial charge on any atom is -0.0417 e. The summed E-state index contributed by atoms with van der Waals surface area (Å²) in [6, 6.07) is 0. The molecule has 0 aliphatic heterocycles. The van der Waals surface area contributed by atoms with Gasteiger partial charge in [0.15, 0.2) is 0 Å². The second kappa shape index (κ2) is 7.64. The van der Waals surface area contributed by atoms with Crippen molar-refractivity contribution in [1.82, 2.24) is 0 Å². The van der Waals surface area contributed by atoms with Crippen molar-refractivity contribution in [1.29, 1.82) is 0 Å². The molecule has 0 aromatic rings. The molecule has 1 radical (unpaired) electrons. The minimum absolute atomic E-state index is 0.812. The van der Waals surface area contributed by atoms with Crippen LogP contribution in [-0.4, -0.2) is 0 Å². The molecule has 0 aromatic carbocycles. The molecule has 0 rings (SSSR count). The zero-order valence-electron chi connectivity index (χ0n) is 9.10. The van der Waals surface area contributed by atoms with E-state index >= 15 is 0 Å². The summed E-state index contributed by atoms with van der Waals surface area (Å²) < 4.78 is 0. The van der Waals surface area contributed by atoms with Gasteiger partial charge in [-0.05, 0) is 11.8 Å². The van der Waals surface area contributed by atoms with E-state index in [0.29, 0.717) is 0 Å². The number of rotatable bonds is 7. The van der Waals surface area contributed by atoms with Crippen LogP contribution in [0.4, 0.5) is 0 Å². The summed E-state index contributed by atoms with van der Waals surface area (Å²) in [6.45, 7) is 10.9. The van der Waals surface area contributed by atoms with Gasteiger partial charge in [-0.1, -0.05) is 66.2 Å². The molecule has 0 aromatic heterocycles. The van der Waals surface area contributed by atoms with Crippen LogP contribution in [0.3, 0.4) is 0 Å². The zero-order valence-corrected chi connectivity index (χ0v) is 9.10. The highest BCUT2D eigenvalue weighted by atomic mass is 14.1. The monoisotopic (exact) mass is 169 g/mol. The lowest BCUT2D eigenvalue weighted by molar-refractivity contribution is 0.353. The molecule has 0 N–H and O–H groups in total. The molecule has 0 nitrogen and oxygen atoms in total. The molecule has 2 unspecified atom stereocenters.